The zero-order valence-corrected chi connectivity index (χ0v) is 13.4. The summed E-state index contributed by atoms with van der Waals surface area (Å²) in [6.07, 6.45) is 3.37. The Labute approximate surface area is 123 Å². The fraction of sp³-hybridized carbons (Fsp3) is 0.533. The fourth-order valence-electron chi connectivity index (χ4n) is 1.83. The minimum absolute atomic E-state index is 0.0751. The van der Waals surface area contributed by atoms with Crippen molar-refractivity contribution in [3.05, 3.63) is 28.2 Å². The predicted molar refractivity (Wildman–Crippen MR) is 81.7 cm³/mol. The molecule has 106 valence electrons. The van der Waals surface area contributed by atoms with Crippen LogP contribution in [0.3, 0.4) is 0 Å². The number of halogens is 1. The Hall–Kier alpha value is -1.03. The molecule has 0 spiro atoms. The number of ether oxygens (including phenoxy) is 1. The molecular formula is C15H22BrNO2. The van der Waals surface area contributed by atoms with E-state index in [2.05, 4.69) is 35.1 Å². The topological polar surface area (TPSA) is 38.3 Å². The van der Waals surface area contributed by atoms with E-state index in [4.69, 9.17) is 4.74 Å². The van der Waals surface area contributed by atoms with Crippen LogP contribution in [0.1, 0.15) is 43.5 Å². The molecule has 4 heteroatoms. The van der Waals surface area contributed by atoms with Gasteiger partial charge in [-0.2, -0.15) is 0 Å². The number of unbranched alkanes of at least 4 members (excludes halogenated alkanes) is 1. The van der Waals surface area contributed by atoms with Crippen LogP contribution >= 0.6 is 15.9 Å². The number of benzene rings is 1. The maximum Gasteiger partial charge on any atom is 0.255 e. The second-order valence-electron chi connectivity index (χ2n) is 4.99. The Bertz CT molecular complexity index is 419. The number of rotatable bonds is 7. The molecule has 1 aromatic rings. The molecule has 0 saturated carbocycles. The van der Waals surface area contributed by atoms with Gasteiger partial charge < -0.3 is 10.1 Å². The summed E-state index contributed by atoms with van der Waals surface area (Å²) in [6, 6.07) is 5.41. The average Bonchev–Trinajstić information content (AvgIpc) is 2.37. The first-order valence-electron chi connectivity index (χ1n) is 6.66. The van der Waals surface area contributed by atoms with Crippen LogP contribution in [0, 0.1) is 5.92 Å². The first-order valence-corrected chi connectivity index (χ1v) is 7.45. The Morgan fingerprint density at radius 1 is 1.37 bits per heavy atom. The van der Waals surface area contributed by atoms with Crippen molar-refractivity contribution < 1.29 is 9.53 Å². The SMILES string of the molecule is COc1cc(Br)ccc1C(=O)NCCCCC(C)C. The smallest absolute Gasteiger partial charge is 0.255 e. The highest BCUT2D eigenvalue weighted by atomic mass is 79.9. The molecule has 0 aliphatic carbocycles. The van der Waals surface area contributed by atoms with E-state index in [0.29, 0.717) is 17.9 Å². The summed E-state index contributed by atoms with van der Waals surface area (Å²) in [4.78, 5) is 12.0. The molecule has 0 heterocycles. The lowest BCUT2D eigenvalue weighted by molar-refractivity contribution is 0.0950. The summed E-state index contributed by atoms with van der Waals surface area (Å²) in [6.45, 7) is 5.14. The molecule has 0 saturated heterocycles. The van der Waals surface area contributed by atoms with E-state index in [1.54, 1.807) is 19.2 Å². The number of hydrogen-bond donors (Lipinski definition) is 1. The van der Waals surface area contributed by atoms with Crippen LogP contribution in [0.15, 0.2) is 22.7 Å². The first-order chi connectivity index (χ1) is 9.04. The lowest BCUT2D eigenvalue weighted by Crippen LogP contribution is -2.25. The summed E-state index contributed by atoms with van der Waals surface area (Å²) in [5.41, 5.74) is 0.578. The van der Waals surface area contributed by atoms with E-state index in [-0.39, 0.29) is 5.91 Å². The highest BCUT2D eigenvalue weighted by molar-refractivity contribution is 9.10. The number of methoxy groups -OCH3 is 1. The number of hydrogen-bond acceptors (Lipinski definition) is 2. The first kappa shape index (κ1) is 16.0. The van der Waals surface area contributed by atoms with Crippen LogP contribution in [0.25, 0.3) is 0 Å². The van der Waals surface area contributed by atoms with E-state index in [1.165, 1.54) is 6.42 Å². The van der Waals surface area contributed by atoms with E-state index in [1.807, 2.05) is 6.07 Å². The number of carbonyl (C=O) groups is 1. The van der Waals surface area contributed by atoms with Crippen molar-refractivity contribution in [2.75, 3.05) is 13.7 Å². The zero-order chi connectivity index (χ0) is 14.3. The maximum absolute atomic E-state index is 12.0. The molecule has 1 aromatic carbocycles. The summed E-state index contributed by atoms with van der Waals surface area (Å²) >= 11 is 3.36. The van der Waals surface area contributed by atoms with Gasteiger partial charge in [0.05, 0.1) is 12.7 Å². The summed E-state index contributed by atoms with van der Waals surface area (Å²) in [5, 5.41) is 2.93. The van der Waals surface area contributed by atoms with Crippen molar-refractivity contribution in [1.82, 2.24) is 5.32 Å². The summed E-state index contributed by atoms with van der Waals surface area (Å²) in [5.74, 6) is 1.24. The monoisotopic (exact) mass is 327 g/mol. The summed E-state index contributed by atoms with van der Waals surface area (Å²) < 4.78 is 6.12. The Morgan fingerprint density at radius 2 is 2.11 bits per heavy atom. The highest BCUT2D eigenvalue weighted by Crippen LogP contribution is 2.23. The minimum Gasteiger partial charge on any atom is -0.496 e. The molecule has 1 N–H and O–H groups in total. The van der Waals surface area contributed by atoms with Gasteiger partial charge in [-0.05, 0) is 30.5 Å². The van der Waals surface area contributed by atoms with Gasteiger partial charge in [0.1, 0.15) is 5.75 Å². The second-order valence-corrected chi connectivity index (χ2v) is 5.91. The van der Waals surface area contributed by atoms with Gasteiger partial charge in [-0.1, -0.05) is 42.6 Å². The van der Waals surface area contributed by atoms with Crippen molar-refractivity contribution in [3.8, 4) is 5.75 Å². The Balaban J connectivity index is 2.45. The molecule has 1 amide bonds. The zero-order valence-electron chi connectivity index (χ0n) is 11.8. The third kappa shape index (κ3) is 5.64. The second kappa shape index (κ2) is 8.20. The molecule has 0 unspecified atom stereocenters. The van der Waals surface area contributed by atoms with Gasteiger partial charge in [0.25, 0.3) is 5.91 Å². The molecule has 0 bridgehead atoms. The molecule has 1 rings (SSSR count). The third-order valence-electron chi connectivity index (χ3n) is 2.90. The molecule has 0 aliphatic rings. The standard InChI is InChI=1S/C15H22BrNO2/c1-11(2)6-4-5-9-17-15(18)13-8-7-12(16)10-14(13)19-3/h7-8,10-11H,4-6,9H2,1-3H3,(H,17,18). The van der Waals surface area contributed by atoms with Crippen LogP contribution < -0.4 is 10.1 Å². The molecule has 3 nitrogen and oxygen atoms in total. The van der Waals surface area contributed by atoms with Gasteiger partial charge in [-0.25, -0.2) is 0 Å². The quantitative estimate of drug-likeness (QED) is 0.768. The fourth-order valence-corrected chi connectivity index (χ4v) is 2.17. The molecular weight excluding hydrogens is 306 g/mol. The third-order valence-corrected chi connectivity index (χ3v) is 3.40. The van der Waals surface area contributed by atoms with Gasteiger partial charge >= 0.3 is 0 Å². The highest BCUT2D eigenvalue weighted by Gasteiger charge is 2.11. The lowest BCUT2D eigenvalue weighted by atomic mass is 10.1. The molecule has 0 fully saturated rings. The van der Waals surface area contributed by atoms with Crippen molar-refractivity contribution in [3.63, 3.8) is 0 Å². The van der Waals surface area contributed by atoms with Crippen molar-refractivity contribution in [2.24, 2.45) is 5.92 Å². The number of amides is 1. The number of carbonyl (C=O) groups excluding carboxylic acids is 1. The van der Waals surface area contributed by atoms with E-state index >= 15 is 0 Å². The normalized spacial score (nSPS) is 10.6. The largest absolute Gasteiger partial charge is 0.496 e. The van der Waals surface area contributed by atoms with Gasteiger partial charge in [0.15, 0.2) is 0 Å². The van der Waals surface area contributed by atoms with E-state index in [0.717, 1.165) is 23.2 Å². The molecule has 0 aliphatic heterocycles. The Kier molecular flexibility index (Phi) is 6.92. The van der Waals surface area contributed by atoms with Gasteiger partial charge in [0, 0.05) is 11.0 Å². The van der Waals surface area contributed by atoms with Crippen molar-refractivity contribution >= 4 is 21.8 Å². The van der Waals surface area contributed by atoms with Gasteiger partial charge in [-0.3, -0.25) is 4.79 Å². The predicted octanol–water partition coefficient (Wildman–Crippen LogP) is 4.01. The van der Waals surface area contributed by atoms with Crippen molar-refractivity contribution in [2.45, 2.75) is 33.1 Å². The van der Waals surface area contributed by atoms with Gasteiger partial charge in [0.2, 0.25) is 0 Å². The van der Waals surface area contributed by atoms with E-state index < -0.39 is 0 Å². The Morgan fingerprint density at radius 3 is 2.74 bits per heavy atom. The van der Waals surface area contributed by atoms with Gasteiger partial charge in [-0.15, -0.1) is 0 Å². The van der Waals surface area contributed by atoms with Crippen LogP contribution in [-0.4, -0.2) is 19.6 Å². The molecule has 0 radical (unpaired) electrons. The van der Waals surface area contributed by atoms with Crippen LogP contribution in [0.2, 0.25) is 0 Å². The summed E-state index contributed by atoms with van der Waals surface area (Å²) in [7, 11) is 1.57. The molecule has 0 aromatic heterocycles. The molecule has 0 atom stereocenters. The van der Waals surface area contributed by atoms with Crippen LogP contribution in [0.5, 0.6) is 5.75 Å². The number of nitrogens with one attached hydrogen (secondary N) is 1. The minimum atomic E-state index is -0.0751. The van der Waals surface area contributed by atoms with E-state index in [9.17, 15) is 4.79 Å². The average molecular weight is 328 g/mol. The van der Waals surface area contributed by atoms with Crippen LogP contribution in [0.4, 0.5) is 0 Å². The molecule has 19 heavy (non-hydrogen) atoms. The lowest BCUT2D eigenvalue weighted by Gasteiger charge is -2.10. The van der Waals surface area contributed by atoms with Crippen molar-refractivity contribution in [1.29, 1.82) is 0 Å². The maximum atomic E-state index is 12.0. The van der Waals surface area contributed by atoms with Crippen LogP contribution in [-0.2, 0) is 0 Å².